The van der Waals surface area contributed by atoms with E-state index in [0.717, 1.165) is 27.9 Å². The van der Waals surface area contributed by atoms with E-state index in [1.165, 1.54) is 11.3 Å². The van der Waals surface area contributed by atoms with Crippen molar-refractivity contribution in [3.8, 4) is 0 Å². The SMILES string of the molecule is CCCCS(=O)(=O)Nc1csc2nc(C)cc(C)c12. The first kappa shape index (κ1) is 14.3. The van der Waals surface area contributed by atoms with Gasteiger partial charge in [-0.2, -0.15) is 0 Å². The first-order chi connectivity index (χ1) is 8.93. The molecule has 4 nitrogen and oxygen atoms in total. The summed E-state index contributed by atoms with van der Waals surface area (Å²) in [6, 6.07) is 1.97. The van der Waals surface area contributed by atoms with Crippen molar-refractivity contribution in [1.29, 1.82) is 0 Å². The van der Waals surface area contributed by atoms with E-state index in [2.05, 4.69) is 9.71 Å². The number of aromatic nitrogens is 1. The van der Waals surface area contributed by atoms with Gasteiger partial charge in [-0.3, -0.25) is 4.72 Å². The van der Waals surface area contributed by atoms with Crippen molar-refractivity contribution in [2.75, 3.05) is 10.5 Å². The summed E-state index contributed by atoms with van der Waals surface area (Å²) in [5, 5.41) is 2.74. The van der Waals surface area contributed by atoms with Gasteiger partial charge >= 0.3 is 0 Å². The van der Waals surface area contributed by atoms with Crippen LogP contribution < -0.4 is 4.72 Å². The Morgan fingerprint density at radius 1 is 1.37 bits per heavy atom. The van der Waals surface area contributed by atoms with E-state index in [4.69, 9.17) is 0 Å². The normalized spacial score (nSPS) is 11.9. The van der Waals surface area contributed by atoms with Crippen LogP contribution in [0.15, 0.2) is 11.4 Å². The molecule has 0 aliphatic rings. The van der Waals surface area contributed by atoms with Gasteiger partial charge in [0.15, 0.2) is 0 Å². The molecule has 0 radical (unpaired) electrons. The molecule has 0 amide bonds. The highest BCUT2D eigenvalue weighted by molar-refractivity contribution is 7.92. The number of thiophene rings is 1. The maximum atomic E-state index is 12.0. The molecule has 0 aromatic carbocycles. The first-order valence-electron chi connectivity index (χ1n) is 6.29. The number of anilines is 1. The zero-order chi connectivity index (χ0) is 14.0. The molecular formula is C13H18N2O2S2. The van der Waals surface area contributed by atoms with Gasteiger partial charge in [0, 0.05) is 16.5 Å². The molecule has 0 bridgehead atoms. The highest BCUT2D eigenvalue weighted by Gasteiger charge is 2.15. The lowest BCUT2D eigenvalue weighted by atomic mass is 10.2. The van der Waals surface area contributed by atoms with Crippen molar-refractivity contribution >= 4 is 37.3 Å². The summed E-state index contributed by atoms with van der Waals surface area (Å²) in [5.41, 5.74) is 2.66. The molecule has 104 valence electrons. The highest BCUT2D eigenvalue weighted by atomic mass is 32.2. The summed E-state index contributed by atoms with van der Waals surface area (Å²) in [5.74, 6) is 0.166. The Kier molecular flexibility index (Phi) is 4.10. The minimum Gasteiger partial charge on any atom is -0.282 e. The van der Waals surface area contributed by atoms with Crippen LogP contribution in [0.4, 0.5) is 5.69 Å². The summed E-state index contributed by atoms with van der Waals surface area (Å²) in [6.45, 7) is 5.90. The minimum absolute atomic E-state index is 0.166. The second-order valence-electron chi connectivity index (χ2n) is 4.68. The Hall–Kier alpha value is -1.14. The van der Waals surface area contributed by atoms with Gasteiger partial charge in [0.05, 0.1) is 11.4 Å². The van der Waals surface area contributed by atoms with E-state index in [0.29, 0.717) is 12.1 Å². The molecule has 0 aliphatic carbocycles. The smallest absolute Gasteiger partial charge is 0.232 e. The van der Waals surface area contributed by atoms with Crippen LogP contribution in [0.5, 0.6) is 0 Å². The van der Waals surface area contributed by atoms with Crippen molar-refractivity contribution in [2.45, 2.75) is 33.6 Å². The molecule has 2 heterocycles. The molecule has 2 rings (SSSR count). The Labute approximate surface area is 117 Å². The summed E-state index contributed by atoms with van der Waals surface area (Å²) < 4.78 is 26.6. The van der Waals surface area contributed by atoms with Crippen LogP contribution in [0.1, 0.15) is 31.0 Å². The fourth-order valence-electron chi connectivity index (χ4n) is 2.02. The van der Waals surface area contributed by atoms with Gasteiger partial charge < -0.3 is 0 Å². The molecule has 6 heteroatoms. The molecule has 0 spiro atoms. The van der Waals surface area contributed by atoms with Crippen LogP contribution in [0.25, 0.3) is 10.2 Å². The third-order valence-electron chi connectivity index (χ3n) is 2.90. The zero-order valence-corrected chi connectivity index (χ0v) is 13.0. The minimum atomic E-state index is -3.26. The van der Waals surface area contributed by atoms with Crippen molar-refractivity contribution in [2.24, 2.45) is 0 Å². The van der Waals surface area contributed by atoms with E-state index in [-0.39, 0.29) is 5.75 Å². The molecule has 0 atom stereocenters. The molecule has 1 N–H and O–H groups in total. The number of unbranched alkanes of at least 4 members (excludes halogenated alkanes) is 1. The maximum Gasteiger partial charge on any atom is 0.232 e. The number of nitrogens with zero attached hydrogens (tertiary/aromatic N) is 1. The first-order valence-corrected chi connectivity index (χ1v) is 8.82. The van der Waals surface area contributed by atoms with E-state index in [9.17, 15) is 8.42 Å². The van der Waals surface area contributed by atoms with Crippen LogP contribution in [-0.4, -0.2) is 19.2 Å². The molecule has 0 fully saturated rings. The molecule has 0 saturated carbocycles. The molecule has 0 aliphatic heterocycles. The van der Waals surface area contributed by atoms with Crippen molar-refractivity contribution in [3.63, 3.8) is 0 Å². The van der Waals surface area contributed by atoms with E-state index in [1.54, 1.807) is 0 Å². The number of sulfonamides is 1. The monoisotopic (exact) mass is 298 g/mol. The lowest BCUT2D eigenvalue weighted by Crippen LogP contribution is -2.16. The Morgan fingerprint density at radius 2 is 2.11 bits per heavy atom. The van der Waals surface area contributed by atoms with Crippen LogP contribution in [0.2, 0.25) is 0 Å². The highest BCUT2D eigenvalue weighted by Crippen LogP contribution is 2.32. The van der Waals surface area contributed by atoms with Gasteiger partial charge in [-0.15, -0.1) is 11.3 Å². The van der Waals surface area contributed by atoms with E-state index in [1.807, 2.05) is 32.2 Å². The number of fused-ring (bicyclic) bond motifs is 1. The average molecular weight is 298 g/mol. The Bertz CT molecular complexity index is 690. The number of hydrogen-bond acceptors (Lipinski definition) is 4. The lowest BCUT2D eigenvalue weighted by molar-refractivity contribution is 0.598. The van der Waals surface area contributed by atoms with Crippen molar-refractivity contribution < 1.29 is 8.42 Å². The predicted molar refractivity (Wildman–Crippen MR) is 81.4 cm³/mol. The predicted octanol–water partition coefficient (Wildman–Crippen LogP) is 3.45. The molecule has 19 heavy (non-hydrogen) atoms. The molecule has 2 aromatic heterocycles. The molecule has 2 aromatic rings. The summed E-state index contributed by atoms with van der Waals surface area (Å²) in [7, 11) is -3.26. The van der Waals surface area contributed by atoms with Crippen molar-refractivity contribution in [3.05, 3.63) is 22.7 Å². The molecule has 0 unspecified atom stereocenters. The van der Waals surface area contributed by atoms with Gasteiger partial charge in [0.25, 0.3) is 0 Å². The number of nitrogens with one attached hydrogen (secondary N) is 1. The third-order valence-corrected chi connectivity index (χ3v) is 5.13. The van der Waals surface area contributed by atoms with Crippen LogP contribution in [0, 0.1) is 13.8 Å². The van der Waals surface area contributed by atoms with E-state index >= 15 is 0 Å². The second-order valence-corrected chi connectivity index (χ2v) is 7.38. The van der Waals surface area contributed by atoms with Crippen LogP contribution in [-0.2, 0) is 10.0 Å². The fraction of sp³-hybridized carbons (Fsp3) is 0.462. The maximum absolute atomic E-state index is 12.0. The van der Waals surface area contributed by atoms with Gasteiger partial charge in [0.1, 0.15) is 4.83 Å². The number of rotatable bonds is 5. The molecule has 0 saturated heterocycles. The quantitative estimate of drug-likeness (QED) is 0.919. The van der Waals surface area contributed by atoms with Gasteiger partial charge in [-0.1, -0.05) is 13.3 Å². The lowest BCUT2D eigenvalue weighted by Gasteiger charge is -2.07. The van der Waals surface area contributed by atoms with Crippen LogP contribution in [0.3, 0.4) is 0 Å². The summed E-state index contributed by atoms with van der Waals surface area (Å²) in [4.78, 5) is 5.31. The number of pyridine rings is 1. The van der Waals surface area contributed by atoms with Crippen molar-refractivity contribution in [1.82, 2.24) is 4.98 Å². The number of hydrogen-bond donors (Lipinski definition) is 1. The number of aryl methyl sites for hydroxylation is 2. The zero-order valence-electron chi connectivity index (χ0n) is 11.4. The van der Waals surface area contributed by atoms with Crippen LogP contribution >= 0.6 is 11.3 Å². The van der Waals surface area contributed by atoms with Gasteiger partial charge in [-0.05, 0) is 31.9 Å². The fourth-order valence-corrected chi connectivity index (χ4v) is 4.35. The Morgan fingerprint density at radius 3 is 2.79 bits per heavy atom. The third kappa shape index (κ3) is 3.25. The van der Waals surface area contributed by atoms with Gasteiger partial charge in [-0.25, -0.2) is 13.4 Å². The standard InChI is InChI=1S/C13H18N2O2S2/c1-4-5-6-19(16,17)15-11-8-18-13-12(11)9(2)7-10(3)14-13/h7-8,15H,4-6H2,1-3H3. The van der Waals surface area contributed by atoms with Gasteiger partial charge in [0.2, 0.25) is 10.0 Å². The topological polar surface area (TPSA) is 59.1 Å². The average Bonchev–Trinajstić information content (AvgIpc) is 2.69. The summed E-state index contributed by atoms with van der Waals surface area (Å²) >= 11 is 1.47. The van der Waals surface area contributed by atoms with E-state index < -0.39 is 10.0 Å². The summed E-state index contributed by atoms with van der Waals surface area (Å²) in [6.07, 6.45) is 1.54. The molecular weight excluding hydrogens is 280 g/mol. The second kappa shape index (κ2) is 5.46. The Balaban J connectivity index is 2.37. The largest absolute Gasteiger partial charge is 0.282 e.